The minimum absolute atomic E-state index is 0. The van der Waals surface area contributed by atoms with Crippen LogP contribution in [0.15, 0.2) is 48.6 Å². The third-order valence-corrected chi connectivity index (χ3v) is 2.36. The molecule has 1 aromatic rings. The Morgan fingerprint density at radius 1 is 1.16 bits per heavy atom. The van der Waals surface area contributed by atoms with Gasteiger partial charge in [0.15, 0.2) is 0 Å². The summed E-state index contributed by atoms with van der Waals surface area (Å²) >= 11 is 0. The van der Waals surface area contributed by atoms with E-state index in [-0.39, 0.29) is 13.2 Å². The van der Waals surface area contributed by atoms with E-state index >= 15 is 0 Å². The molecular formula is C16H24N2O. The molecule has 0 bridgehead atoms. The molecule has 3 heteroatoms. The first-order valence-corrected chi connectivity index (χ1v) is 5.90. The first-order chi connectivity index (χ1) is 8.41. The highest BCUT2D eigenvalue weighted by Gasteiger charge is 2.16. The quantitative estimate of drug-likeness (QED) is 0.763. The number of benzene rings is 1. The summed E-state index contributed by atoms with van der Waals surface area (Å²) in [7, 11) is 0. The Bertz CT molecular complexity index is 455. The summed E-state index contributed by atoms with van der Waals surface area (Å²) in [4.78, 5) is 9.44. The van der Waals surface area contributed by atoms with Gasteiger partial charge in [0, 0.05) is 6.42 Å². The standard InChI is InChI=1S/C12H14N2.C3H6O.CH4/c13-12(14)8-6-11(7-9-12)10-4-2-1-3-5-10;1-3(2)4;/h1-8H,9,13-14H2;1-2H3;1H4. The summed E-state index contributed by atoms with van der Waals surface area (Å²) in [6, 6.07) is 10.2. The highest BCUT2D eigenvalue weighted by molar-refractivity contribution is 5.75. The molecule has 0 aromatic heterocycles. The molecule has 0 saturated carbocycles. The molecule has 0 aliphatic heterocycles. The van der Waals surface area contributed by atoms with Gasteiger partial charge < -0.3 is 16.3 Å². The number of ketones is 1. The molecule has 19 heavy (non-hydrogen) atoms. The van der Waals surface area contributed by atoms with E-state index in [1.165, 1.54) is 25.0 Å². The van der Waals surface area contributed by atoms with Gasteiger partial charge in [-0.3, -0.25) is 0 Å². The van der Waals surface area contributed by atoms with E-state index < -0.39 is 5.66 Å². The van der Waals surface area contributed by atoms with Crippen LogP contribution >= 0.6 is 0 Å². The van der Waals surface area contributed by atoms with Crippen molar-refractivity contribution in [3.63, 3.8) is 0 Å². The third kappa shape index (κ3) is 6.70. The maximum Gasteiger partial charge on any atom is 0.126 e. The molecule has 0 fully saturated rings. The van der Waals surface area contributed by atoms with E-state index in [1.807, 2.05) is 30.4 Å². The Hall–Kier alpha value is -1.71. The first-order valence-electron chi connectivity index (χ1n) is 5.90. The summed E-state index contributed by atoms with van der Waals surface area (Å²) in [6.07, 6.45) is 6.61. The molecule has 0 radical (unpaired) electrons. The van der Waals surface area contributed by atoms with Crippen molar-refractivity contribution in [2.24, 2.45) is 11.5 Å². The maximum absolute atomic E-state index is 9.44. The summed E-state index contributed by atoms with van der Waals surface area (Å²) in [5.74, 6) is 0.167. The van der Waals surface area contributed by atoms with E-state index in [0.717, 1.165) is 0 Å². The molecule has 0 spiro atoms. The highest BCUT2D eigenvalue weighted by atomic mass is 16.1. The maximum atomic E-state index is 9.44. The second kappa shape index (κ2) is 7.67. The van der Waals surface area contributed by atoms with Crippen molar-refractivity contribution in [2.75, 3.05) is 0 Å². The number of allylic oxidation sites excluding steroid dienone is 2. The van der Waals surface area contributed by atoms with Crippen molar-refractivity contribution in [2.45, 2.75) is 33.4 Å². The minimum atomic E-state index is -0.668. The van der Waals surface area contributed by atoms with Crippen molar-refractivity contribution in [3.8, 4) is 0 Å². The lowest BCUT2D eigenvalue weighted by Gasteiger charge is -2.22. The van der Waals surface area contributed by atoms with Crippen LogP contribution in [0.1, 0.15) is 33.3 Å². The Balaban J connectivity index is 0.000000576. The molecule has 0 saturated heterocycles. The van der Waals surface area contributed by atoms with Crippen LogP contribution in [0.2, 0.25) is 0 Å². The van der Waals surface area contributed by atoms with Crippen LogP contribution in [0.3, 0.4) is 0 Å². The molecule has 4 N–H and O–H groups in total. The summed E-state index contributed by atoms with van der Waals surface area (Å²) in [6.45, 7) is 3.06. The Morgan fingerprint density at radius 2 is 1.68 bits per heavy atom. The van der Waals surface area contributed by atoms with E-state index in [1.54, 1.807) is 0 Å². The lowest BCUT2D eigenvalue weighted by molar-refractivity contribution is -0.114. The van der Waals surface area contributed by atoms with Crippen LogP contribution in [0.5, 0.6) is 0 Å². The van der Waals surface area contributed by atoms with E-state index in [9.17, 15) is 4.79 Å². The van der Waals surface area contributed by atoms with Crippen molar-refractivity contribution >= 4 is 11.4 Å². The lowest BCUT2D eigenvalue weighted by atomic mass is 9.94. The fourth-order valence-electron chi connectivity index (χ4n) is 1.51. The fourth-order valence-corrected chi connectivity index (χ4v) is 1.51. The van der Waals surface area contributed by atoms with Crippen LogP contribution in [-0.2, 0) is 4.79 Å². The number of Topliss-reactive ketones (excluding diaryl/α,β-unsaturated/α-hetero) is 1. The van der Waals surface area contributed by atoms with Crippen molar-refractivity contribution in [1.29, 1.82) is 0 Å². The van der Waals surface area contributed by atoms with Crippen LogP contribution in [0.4, 0.5) is 0 Å². The number of hydrogen-bond acceptors (Lipinski definition) is 3. The molecular weight excluding hydrogens is 236 g/mol. The molecule has 0 amide bonds. The van der Waals surface area contributed by atoms with Gasteiger partial charge in [-0.1, -0.05) is 49.9 Å². The van der Waals surface area contributed by atoms with Gasteiger partial charge in [0.1, 0.15) is 5.78 Å². The molecule has 1 aliphatic rings. The largest absolute Gasteiger partial charge is 0.310 e. The molecule has 0 atom stereocenters. The van der Waals surface area contributed by atoms with Crippen molar-refractivity contribution in [3.05, 3.63) is 54.1 Å². The predicted octanol–water partition coefficient (Wildman–Crippen LogP) is 2.88. The Morgan fingerprint density at radius 3 is 2.11 bits per heavy atom. The molecule has 1 aliphatic carbocycles. The lowest BCUT2D eigenvalue weighted by Crippen LogP contribution is -2.47. The normalized spacial score (nSPS) is 15.5. The average molecular weight is 260 g/mol. The van der Waals surface area contributed by atoms with Gasteiger partial charge in [-0.15, -0.1) is 0 Å². The Kier molecular flexibility index (Phi) is 6.98. The zero-order valence-corrected chi connectivity index (χ0v) is 10.9. The number of hydrogen-bond donors (Lipinski definition) is 2. The molecule has 0 unspecified atom stereocenters. The van der Waals surface area contributed by atoms with Crippen LogP contribution < -0.4 is 11.5 Å². The Labute approximate surface area is 116 Å². The first kappa shape index (κ1) is 17.3. The molecule has 0 heterocycles. The van der Waals surface area contributed by atoms with Crippen LogP contribution in [0.25, 0.3) is 5.57 Å². The zero-order chi connectivity index (χ0) is 13.6. The third-order valence-electron chi connectivity index (χ3n) is 2.36. The summed E-state index contributed by atoms with van der Waals surface area (Å²) in [5, 5.41) is 0. The van der Waals surface area contributed by atoms with Gasteiger partial charge in [-0.05, 0) is 31.1 Å². The van der Waals surface area contributed by atoms with Gasteiger partial charge >= 0.3 is 0 Å². The van der Waals surface area contributed by atoms with Crippen molar-refractivity contribution < 1.29 is 4.79 Å². The van der Waals surface area contributed by atoms with Gasteiger partial charge in [-0.25, -0.2) is 0 Å². The number of rotatable bonds is 1. The topological polar surface area (TPSA) is 69.1 Å². The smallest absolute Gasteiger partial charge is 0.126 e. The number of carbonyl (C=O) groups excluding carboxylic acids is 1. The fraction of sp³-hybridized carbons (Fsp3) is 0.312. The van der Waals surface area contributed by atoms with E-state index in [4.69, 9.17) is 11.5 Å². The number of carbonyl (C=O) groups is 1. The second-order valence-electron chi connectivity index (χ2n) is 4.58. The second-order valence-corrected chi connectivity index (χ2v) is 4.58. The predicted molar refractivity (Wildman–Crippen MR) is 82.4 cm³/mol. The van der Waals surface area contributed by atoms with E-state index in [2.05, 4.69) is 18.2 Å². The average Bonchev–Trinajstić information content (AvgIpc) is 2.29. The molecule has 104 valence electrons. The molecule has 2 rings (SSSR count). The van der Waals surface area contributed by atoms with Crippen LogP contribution in [-0.4, -0.2) is 11.4 Å². The monoisotopic (exact) mass is 260 g/mol. The zero-order valence-electron chi connectivity index (χ0n) is 10.9. The summed E-state index contributed by atoms with van der Waals surface area (Å²) < 4.78 is 0. The number of nitrogens with two attached hydrogens (primary N) is 2. The van der Waals surface area contributed by atoms with Crippen molar-refractivity contribution in [1.82, 2.24) is 0 Å². The highest BCUT2D eigenvalue weighted by Crippen LogP contribution is 2.22. The van der Waals surface area contributed by atoms with Gasteiger partial charge in [0.25, 0.3) is 0 Å². The minimum Gasteiger partial charge on any atom is -0.310 e. The van der Waals surface area contributed by atoms with Gasteiger partial charge in [-0.2, -0.15) is 0 Å². The van der Waals surface area contributed by atoms with Gasteiger partial charge in [0.05, 0.1) is 5.66 Å². The van der Waals surface area contributed by atoms with E-state index in [0.29, 0.717) is 6.42 Å². The summed E-state index contributed by atoms with van der Waals surface area (Å²) in [5.41, 5.74) is 13.3. The molecule has 1 aromatic carbocycles. The molecule has 3 nitrogen and oxygen atoms in total. The van der Waals surface area contributed by atoms with Crippen LogP contribution in [0, 0.1) is 0 Å². The SMILES string of the molecule is C.CC(C)=O.NC1(N)C=CC(c2ccccc2)=CC1. The van der Waals surface area contributed by atoms with Gasteiger partial charge in [0.2, 0.25) is 0 Å².